The minimum atomic E-state index is -0.948. The Morgan fingerprint density at radius 2 is 1.87 bits per heavy atom. The highest BCUT2D eigenvalue weighted by atomic mass is 35.5. The quantitative estimate of drug-likeness (QED) is 0.297. The van der Waals surface area contributed by atoms with Gasteiger partial charge >= 0.3 is 5.97 Å². The predicted octanol–water partition coefficient (Wildman–Crippen LogP) is 2.92. The normalized spacial score (nSPS) is 11.1. The van der Waals surface area contributed by atoms with Gasteiger partial charge in [0.05, 0.1) is 4.92 Å². The van der Waals surface area contributed by atoms with Gasteiger partial charge in [-0.2, -0.15) is 0 Å². The predicted molar refractivity (Wildman–Crippen MR) is 85.3 cm³/mol. The average molecular weight is 334 g/mol. The van der Waals surface area contributed by atoms with E-state index in [1.165, 1.54) is 24.3 Å². The Labute approximate surface area is 136 Å². The summed E-state index contributed by atoms with van der Waals surface area (Å²) in [5.74, 6) is -0.893. The lowest BCUT2D eigenvalue weighted by molar-refractivity contribution is -0.385. The number of amidine groups is 1. The molecule has 0 heterocycles. The minimum absolute atomic E-state index is 0.0549. The number of nitro benzene ring substituents is 1. The standard InChI is InChI=1S/C15H12ClN3O4/c16-11-7-5-10(6-8-11)9-14(17)18-23-15(20)12-3-1-2-4-13(12)19(21)22/h1-8H,9H2,(H2,17,18). The lowest BCUT2D eigenvalue weighted by Crippen LogP contribution is -2.17. The van der Waals surface area contributed by atoms with Crippen LogP contribution in [0, 0.1) is 10.1 Å². The Morgan fingerprint density at radius 1 is 1.22 bits per heavy atom. The second-order valence-electron chi connectivity index (χ2n) is 4.54. The van der Waals surface area contributed by atoms with E-state index in [-0.39, 0.29) is 23.5 Å². The molecule has 0 atom stereocenters. The zero-order valence-corrected chi connectivity index (χ0v) is 12.6. The van der Waals surface area contributed by atoms with Crippen molar-refractivity contribution < 1.29 is 14.6 Å². The van der Waals surface area contributed by atoms with E-state index in [4.69, 9.17) is 17.3 Å². The fourth-order valence-electron chi connectivity index (χ4n) is 1.80. The van der Waals surface area contributed by atoms with Crippen LogP contribution in [0.15, 0.2) is 53.7 Å². The van der Waals surface area contributed by atoms with E-state index >= 15 is 0 Å². The molecule has 118 valence electrons. The van der Waals surface area contributed by atoms with Gasteiger partial charge in [-0.1, -0.05) is 41.0 Å². The molecule has 23 heavy (non-hydrogen) atoms. The summed E-state index contributed by atoms with van der Waals surface area (Å²) >= 11 is 5.77. The first-order valence-corrected chi connectivity index (χ1v) is 6.86. The first kappa shape index (κ1) is 16.4. The molecule has 0 saturated carbocycles. The van der Waals surface area contributed by atoms with Crippen LogP contribution in [0.3, 0.4) is 0 Å². The summed E-state index contributed by atoms with van der Waals surface area (Å²) in [6.45, 7) is 0. The van der Waals surface area contributed by atoms with Crippen LogP contribution in [0.2, 0.25) is 5.02 Å². The first-order chi connectivity index (χ1) is 11.0. The highest BCUT2D eigenvalue weighted by Gasteiger charge is 2.20. The van der Waals surface area contributed by atoms with Gasteiger partial charge in [-0.15, -0.1) is 0 Å². The second kappa shape index (κ2) is 7.37. The van der Waals surface area contributed by atoms with Crippen molar-refractivity contribution in [3.8, 4) is 0 Å². The molecule has 0 bridgehead atoms. The van der Waals surface area contributed by atoms with Crippen molar-refractivity contribution in [2.24, 2.45) is 10.9 Å². The van der Waals surface area contributed by atoms with Gasteiger partial charge in [0.1, 0.15) is 11.4 Å². The van der Waals surface area contributed by atoms with Crippen LogP contribution in [0.25, 0.3) is 0 Å². The number of rotatable bonds is 5. The van der Waals surface area contributed by atoms with Crippen LogP contribution >= 0.6 is 11.6 Å². The topological polar surface area (TPSA) is 108 Å². The smallest absolute Gasteiger partial charge is 0.372 e. The molecular formula is C15H12ClN3O4. The number of benzene rings is 2. The summed E-state index contributed by atoms with van der Waals surface area (Å²) in [5.41, 5.74) is 5.95. The Morgan fingerprint density at radius 3 is 2.52 bits per heavy atom. The Balaban J connectivity index is 2.05. The van der Waals surface area contributed by atoms with Crippen LogP contribution < -0.4 is 5.73 Å². The number of nitrogens with two attached hydrogens (primary N) is 1. The van der Waals surface area contributed by atoms with Crippen LogP contribution in [-0.2, 0) is 11.3 Å². The lowest BCUT2D eigenvalue weighted by Gasteiger charge is -2.02. The molecule has 2 N–H and O–H groups in total. The van der Waals surface area contributed by atoms with Crippen molar-refractivity contribution in [3.63, 3.8) is 0 Å². The summed E-state index contributed by atoms with van der Waals surface area (Å²) in [6, 6.07) is 12.3. The van der Waals surface area contributed by atoms with Crippen molar-refractivity contribution in [2.45, 2.75) is 6.42 Å². The zero-order valence-electron chi connectivity index (χ0n) is 11.8. The van der Waals surface area contributed by atoms with Crippen molar-refractivity contribution in [1.29, 1.82) is 0 Å². The highest BCUT2D eigenvalue weighted by molar-refractivity contribution is 6.30. The number of nitro groups is 1. The molecule has 0 saturated heterocycles. The van der Waals surface area contributed by atoms with Gasteiger partial charge in [-0.3, -0.25) is 10.1 Å². The molecule has 7 nitrogen and oxygen atoms in total. The molecule has 2 aromatic carbocycles. The number of oxime groups is 1. The van der Waals surface area contributed by atoms with E-state index in [9.17, 15) is 14.9 Å². The van der Waals surface area contributed by atoms with Crippen molar-refractivity contribution in [1.82, 2.24) is 0 Å². The number of carbonyl (C=O) groups excluding carboxylic acids is 1. The van der Waals surface area contributed by atoms with Crippen LogP contribution in [0.4, 0.5) is 5.69 Å². The van der Waals surface area contributed by atoms with Gasteiger partial charge < -0.3 is 10.6 Å². The van der Waals surface area contributed by atoms with E-state index < -0.39 is 10.9 Å². The third kappa shape index (κ3) is 4.52. The van der Waals surface area contributed by atoms with Gasteiger partial charge in [0.2, 0.25) is 0 Å². The van der Waals surface area contributed by atoms with Crippen LogP contribution in [0.5, 0.6) is 0 Å². The van der Waals surface area contributed by atoms with E-state index in [0.29, 0.717) is 5.02 Å². The molecule has 0 spiro atoms. The summed E-state index contributed by atoms with van der Waals surface area (Å²) < 4.78 is 0. The molecule has 0 fully saturated rings. The van der Waals surface area contributed by atoms with Crippen molar-refractivity contribution in [2.75, 3.05) is 0 Å². The molecule has 0 aliphatic rings. The van der Waals surface area contributed by atoms with Gasteiger partial charge in [0, 0.05) is 17.5 Å². The summed E-state index contributed by atoms with van der Waals surface area (Å²) in [4.78, 5) is 26.7. The minimum Gasteiger partial charge on any atom is -0.384 e. The number of nitrogens with zero attached hydrogens (tertiary/aromatic N) is 2. The Bertz CT molecular complexity index is 760. The molecular weight excluding hydrogens is 322 g/mol. The molecule has 0 unspecified atom stereocenters. The fourth-order valence-corrected chi connectivity index (χ4v) is 1.92. The number of hydrogen-bond donors (Lipinski definition) is 1. The number of para-hydroxylation sites is 1. The van der Waals surface area contributed by atoms with Gasteiger partial charge in [0.15, 0.2) is 0 Å². The highest BCUT2D eigenvalue weighted by Crippen LogP contribution is 2.18. The molecule has 0 aromatic heterocycles. The van der Waals surface area contributed by atoms with E-state index in [0.717, 1.165) is 5.56 Å². The molecule has 8 heteroatoms. The molecule has 2 aromatic rings. The van der Waals surface area contributed by atoms with Crippen LogP contribution in [-0.4, -0.2) is 16.7 Å². The van der Waals surface area contributed by atoms with Gasteiger partial charge in [0.25, 0.3) is 5.69 Å². The third-order valence-electron chi connectivity index (χ3n) is 2.86. The summed E-state index contributed by atoms with van der Waals surface area (Å²) in [5, 5.41) is 15.0. The SMILES string of the molecule is NC(Cc1ccc(Cl)cc1)=NOC(=O)c1ccccc1[N+](=O)[O-]. The maximum Gasteiger partial charge on any atom is 0.372 e. The van der Waals surface area contributed by atoms with E-state index in [1.54, 1.807) is 24.3 Å². The van der Waals surface area contributed by atoms with E-state index in [1.807, 2.05) is 0 Å². The molecule has 0 aliphatic carbocycles. The first-order valence-electron chi connectivity index (χ1n) is 6.49. The largest absolute Gasteiger partial charge is 0.384 e. The maximum atomic E-state index is 11.9. The second-order valence-corrected chi connectivity index (χ2v) is 4.98. The van der Waals surface area contributed by atoms with Crippen molar-refractivity contribution >= 4 is 29.1 Å². The van der Waals surface area contributed by atoms with Crippen LogP contribution in [0.1, 0.15) is 15.9 Å². The lowest BCUT2D eigenvalue weighted by atomic mass is 10.1. The zero-order chi connectivity index (χ0) is 16.8. The summed E-state index contributed by atoms with van der Waals surface area (Å²) in [6.07, 6.45) is 0.251. The molecule has 2 rings (SSSR count). The number of halogens is 1. The monoisotopic (exact) mass is 333 g/mol. The Hall–Kier alpha value is -2.93. The maximum absolute atomic E-state index is 11.9. The molecule has 0 aliphatic heterocycles. The average Bonchev–Trinajstić information content (AvgIpc) is 2.54. The Kier molecular flexibility index (Phi) is 5.27. The van der Waals surface area contributed by atoms with E-state index in [2.05, 4.69) is 9.99 Å². The van der Waals surface area contributed by atoms with Crippen molar-refractivity contribution in [3.05, 3.63) is 74.8 Å². The molecule has 0 amide bonds. The van der Waals surface area contributed by atoms with Gasteiger partial charge in [-0.25, -0.2) is 4.79 Å². The third-order valence-corrected chi connectivity index (χ3v) is 3.12. The fraction of sp³-hybridized carbons (Fsp3) is 0.0667. The summed E-state index contributed by atoms with van der Waals surface area (Å²) in [7, 11) is 0. The number of carbonyl (C=O) groups is 1. The number of hydrogen-bond acceptors (Lipinski definition) is 5. The van der Waals surface area contributed by atoms with Gasteiger partial charge in [-0.05, 0) is 23.8 Å². The molecule has 0 radical (unpaired) electrons.